The highest BCUT2D eigenvalue weighted by atomic mass is 35.5. The van der Waals surface area contributed by atoms with E-state index in [1.54, 1.807) is 0 Å². The first-order chi connectivity index (χ1) is 13.6. The monoisotopic (exact) mass is 417 g/mol. The number of piperidine rings is 1. The number of likely N-dealkylation sites (tertiary alicyclic amines) is 1. The number of aliphatic hydroxyl groups excluding tert-OH is 1. The van der Waals surface area contributed by atoms with Crippen LogP contribution in [0.4, 0.5) is 0 Å². The Morgan fingerprint density at radius 2 is 1.64 bits per heavy atom. The van der Waals surface area contributed by atoms with Crippen molar-refractivity contribution in [1.29, 1.82) is 0 Å². The molecular formula is C24H29Cl2NO. The maximum absolute atomic E-state index is 10.5. The van der Waals surface area contributed by atoms with E-state index in [1.165, 1.54) is 17.5 Å². The lowest BCUT2D eigenvalue weighted by atomic mass is 9.87. The molecule has 2 aliphatic rings. The fourth-order valence-electron chi connectivity index (χ4n) is 5.08. The van der Waals surface area contributed by atoms with Gasteiger partial charge in [0.2, 0.25) is 0 Å². The molecule has 2 aromatic rings. The Labute approximate surface area is 178 Å². The van der Waals surface area contributed by atoms with Crippen LogP contribution in [0.2, 0.25) is 10.0 Å². The van der Waals surface area contributed by atoms with Crippen LogP contribution in [0, 0.1) is 0 Å². The highest BCUT2D eigenvalue weighted by Crippen LogP contribution is 2.40. The van der Waals surface area contributed by atoms with Crippen LogP contribution < -0.4 is 0 Å². The average molecular weight is 418 g/mol. The summed E-state index contributed by atoms with van der Waals surface area (Å²) in [5.41, 5.74) is 5.05. The summed E-state index contributed by atoms with van der Waals surface area (Å²) in [6.45, 7) is 4.40. The van der Waals surface area contributed by atoms with Crippen molar-refractivity contribution in [1.82, 2.24) is 4.90 Å². The van der Waals surface area contributed by atoms with Gasteiger partial charge in [-0.1, -0.05) is 53.9 Å². The topological polar surface area (TPSA) is 23.5 Å². The van der Waals surface area contributed by atoms with Crippen molar-refractivity contribution in [2.45, 2.75) is 63.5 Å². The zero-order valence-corrected chi connectivity index (χ0v) is 18.0. The van der Waals surface area contributed by atoms with Gasteiger partial charge in [0.05, 0.1) is 6.10 Å². The molecule has 2 unspecified atom stereocenters. The van der Waals surface area contributed by atoms with Crippen LogP contribution in [-0.2, 0) is 6.42 Å². The van der Waals surface area contributed by atoms with E-state index >= 15 is 0 Å². The summed E-state index contributed by atoms with van der Waals surface area (Å²) in [6.07, 6.45) is 6.08. The molecule has 0 saturated carbocycles. The molecule has 1 aliphatic heterocycles. The number of aliphatic hydroxyl groups is 1. The van der Waals surface area contributed by atoms with Gasteiger partial charge in [0.15, 0.2) is 0 Å². The number of hydrogen-bond acceptors (Lipinski definition) is 2. The summed E-state index contributed by atoms with van der Waals surface area (Å²) in [7, 11) is 0. The van der Waals surface area contributed by atoms with Crippen LogP contribution in [0.25, 0.3) is 0 Å². The van der Waals surface area contributed by atoms with Gasteiger partial charge in [-0.15, -0.1) is 0 Å². The van der Waals surface area contributed by atoms with E-state index in [0.717, 1.165) is 66.4 Å². The van der Waals surface area contributed by atoms with Crippen LogP contribution in [-0.4, -0.2) is 23.1 Å². The van der Waals surface area contributed by atoms with E-state index < -0.39 is 0 Å². The number of halogens is 2. The molecule has 4 heteroatoms. The van der Waals surface area contributed by atoms with Crippen molar-refractivity contribution in [3.63, 3.8) is 0 Å². The minimum atomic E-state index is -0.308. The summed E-state index contributed by atoms with van der Waals surface area (Å²) >= 11 is 12.9. The summed E-state index contributed by atoms with van der Waals surface area (Å²) in [4.78, 5) is 2.58. The standard InChI is InChI=1S/C24H29Cl2NO/c1-16(18-7-4-8-20-19(18)6-2-3-11-23(20)28)27-14-12-17(13-15-27)24-21(25)9-5-10-22(24)26/h4-5,7-10,16-17,23,28H,2-3,6,11-15H2,1H3. The molecule has 0 bridgehead atoms. The molecule has 0 spiro atoms. The quantitative estimate of drug-likeness (QED) is 0.561. The van der Waals surface area contributed by atoms with Crippen molar-refractivity contribution in [3.05, 3.63) is 68.7 Å². The highest BCUT2D eigenvalue weighted by Gasteiger charge is 2.29. The van der Waals surface area contributed by atoms with Crippen molar-refractivity contribution < 1.29 is 5.11 Å². The van der Waals surface area contributed by atoms with E-state index in [4.69, 9.17) is 23.2 Å². The summed E-state index contributed by atoms with van der Waals surface area (Å²) in [6, 6.07) is 12.7. The van der Waals surface area contributed by atoms with Gasteiger partial charge in [-0.05, 0) is 92.4 Å². The van der Waals surface area contributed by atoms with E-state index in [1.807, 2.05) is 18.2 Å². The number of rotatable bonds is 3. The third-order valence-corrected chi connectivity index (χ3v) is 7.36. The molecule has 150 valence electrons. The molecule has 1 fully saturated rings. The molecule has 1 N–H and O–H groups in total. The largest absolute Gasteiger partial charge is 0.388 e. The summed E-state index contributed by atoms with van der Waals surface area (Å²) in [5.74, 6) is 0.430. The van der Waals surface area contributed by atoms with Crippen LogP contribution in [0.5, 0.6) is 0 Å². The molecule has 28 heavy (non-hydrogen) atoms. The zero-order valence-electron chi connectivity index (χ0n) is 16.5. The van der Waals surface area contributed by atoms with Crippen molar-refractivity contribution in [2.24, 2.45) is 0 Å². The van der Waals surface area contributed by atoms with Gasteiger partial charge in [0.1, 0.15) is 0 Å². The van der Waals surface area contributed by atoms with E-state index in [2.05, 4.69) is 30.0 Å². The predicted octanol–water partition coefficient (Wildman–Crippen LogP) is 6.69. The molecule has 1 saturated heterocycles. The predicted molar refractivity (Wildman–Crippen MR) is 117 cm³/mol. The fourth-order valence-corrected chi connectivity index (χ4v) is 5.79. The minimum absolute atomic E-state index is 0.308. The van der Waals surface area contributed by atoms with Crippen molar-refractivity contribution >= 4 is 23.2 Å². The number of benzene rings is 2. The maximum atomic E-state index is 10.5. The Kier molecular flexibility index (Phi) is 6.32. The Morgan fingerprint density at radius 3 is 2.36 bits per heavy atom. The van der Waals surface area contributed by atoms with Crippen molar-refractivity contribution in [3.8, 4) is 0 Å². The fraction of sp³-hybridized carbons (Fsp3) is 0.500. The average Bonchev–Trinajstić information content (AvgIpc) is 2.89. The number of hydrogen-bond donors (Lipinski definition) is 1. The van der Waals surface area contributed by atoms with Crippen LogP contribution in [0.3, 0.4) is 0 Å². The minimum Gasteiger partial charge on any atom is -0.388 e. The second-order valence-electron chi connectivity index (χ2n) is 8.30. The van der Waals surface area contributed by atoms with Gasteiger partial charge in [0, 0.05) is 16.1 Å². The molecule has 1 heterocycles. The summed E-state index contributed by atoms with van der Waals surface area (Å²) in [5, 5.41) is 12.1. The maximum Gasteiger partial charge on any atom is 0.0792 e. The third-order valence-electron chi connectivity index (χ3n) is 6.70. The molecular weight excluding hydrogens is 389 g/mol. The van der Waals surface area contributed by atoms with Crippen LogP contribution in [0.15, 0.2) is 36.4 Å². The van der Waals surface area contributed by atoms with Gasteiger partial charge in [0.25, 0.3) is 0 Å². The molecule has 2 aromatic carbocycles. The van der Waals surface area contributed by atoms with Gasteiger partial charge < -0.3 is 5.11 Å². The highest BCUT2D eigenvalue weighted by molar-refractivity contribution is 6.36. The molecule has 0 amide bonds. The second-order valence-corrected chi connectivity index (χ2v) is 9.11. The van der Waals surface area contributed by atoms with Crippen LogP contribution in [0.1, 0.15) is 79.3 Å². The zero-order chi connectivity index (χ0) is 19.7. The lowest BCUT2D eigenvalue weighted by Gasteiger charge is -2.37. The Hall–Kier alpha value is -1.06. The van der Waals surface area contributed by atoms with E-state index in [0.29, 0.717) is 12.0 Å². The molecule has 1 aliphatic carbocycles. The van der Waals surface area contributed by atoms with E-state index in [9.17, 15) is 5.11 Å². The summed E-state index contributed by atoms with van der Waals surface area (Å²) < 4.78 is 0. The molecule has 0 radical (unpaired) electrons. The Bertz CT molecular complexity index is 809. The van der Waals surface area contributed by atoms with E-state index in [-0.39, 0.29) is 6.10 Å². The molecule has 2 nitrogen and oxygen atoms in total. The van der Waals surface area contributed by atoms with Gasteiger partial charge in [-0.25, -0.2) is 0 Å². The first kappa shape index (κ1) is 20.2. The van der Waals surface area contributed by atoms with Gasteiger partial charge >= 0.3 is 0 Å². The number of fused-ring (bicyclic) bond motifs is 1. The second kappa shape index (κ2) is 8.75. The third kappa shape index (κ3) is 3.98. The van der Waals surface area contributed by atoms with Crippen LogP contribution >= 0.6 is 23.2 Å². The molecule has 0 aromatic heterocycles. The van der Waals surface area contributed by atoms with Gasteiger partial charge in [-0.2, -0.15) is 0 Å². The Balaban J connectivity index is 1.51. The normalized spacial score (nSPS) is 22.5. The lowest BCUT2D eigenvalue weighted by molar-refractivity contribution is 0.159. The molecule has 2 atom stereocenters. The Morgan fingerprint density at radius 1 is 0.964 bits per heavy atom. The smallest absolute Gasteiger partial charge is 0.0792 e. The first-order valence-corrected chi connectivity index (χ1v) is 11.3. The van der Waals surface area contributed by atoms with Gasteiger partial charge in [-0.3, -0.25) is 4.90 Å². The molecule has 4 rings (SSSR count). The number of nitrogens with zero attached hydrogens (tertiary/aromatic N) is 1. The SMILES string of the molecule is CC(c1cccc2c1CCCCC2O)N1CCC(c2c(Cl)cccc2Cl)CC1. The van der Waals surface area contributed by atoms with Crippen molar-refractivity contribution in [2.75, 3.05) is 13.1 Å². The first-order valence-electron chi connectivity index (χ1n) is 10.5. The lowest BCUT2D eigenvalue weighted by Crippen LogP contribution is -2.35.